The molecule has 6 aromatic carbocycles. The molecule has 0 spiro atoms. The minimum Gasteiger partial charge on any atom is -0.508 e. The first-order chi connectivity index (χ1) is 32.6. The van der Waals surface area contributed by atoms with Gasteiger partial charge in [0.15, 0.2) is 0 Å². The molecule has 368 valence electrons. The van der Waals surface area contributed by atoms with Crippen molar-refractivity contribution in [2.45, 2.75) is 98.5 Å². The highest BCUT2D eigenvalue weighted by Crippen LogP contribution is 2.38. The zero-order valence-electron chi connectivity index (χ0n) is 41.7. The number of hydrogen-bond donors (Lipinski definition) is 2. The molecule has 0 fully saturated rings. The Balaban J connectivity index is 0.000000246. The monoisotopic (exact) mass is 964 g/mol. The summed E-state index contributed by atoms with van der Waals surface area (Å²) < 4.78 is 50.5. The van der Waals surface area contributed by atoms with Crippen LogP contribution in [0.5, 0.6) is 23.0 Å². The SMILES string of the molecule is CCOC(=O)[C@@H](C)Cc1ccc(O)cc1.COc1ccc(F)c(-c2cc(CCl)ccc2C(C)(C)C)c1.COc1ccc(F)c(-c2cc(COc3ccc(C[C@H](C)C(=O)O)cc3)ccc2C(C)(C)C)c1. The van der Waals surface area contributed by atoms with Crippen molar-refractivity contribution in [3.8, 4) is 45.3 Å². The molecular weight excluding hydrogens is 898 g/mol. The Morgan fingerprint density at radius 3 is 1.43 bits per heavy atom. The number of esters is 1. The highest BCUT2D eigenvalue weighted by atomic mass is 35.5. The zero-order chi connectivity index (χ0) is 51.1. The molecular formula is C58H67ClF2O8. The molecule has 0 bridgehead atoms. The summed E-state index contributed by atoms with van der Waals surface area (Å²) in [7, 11) is 3.15. The summed E-state index contributed by atoms with van der Waals surface area (Å²) in [6.45, 7) is 18.7. The summed E-state index contributed by atoms with van der Waals surface area (Å²) in [5.74, 6) is 0.457. The standard InChI is InChI=1S/C28H31FO4.C18H20ClFO.C12H16O3/c1-18(27(30)31)14-19-6-9-21(10-7-19)33-17-20-8-12-25(28(2,3)4)23(15-20)24-16-22(32-5)11-13-26(24)29;1-18(2,3)16-7-5-12(11-19)9-14(16)15-10-13(21-4)6-8-17(15)20;1-3-15-12(14)9(2)8-10-4-6-11(13)7-5-10/h6-13,15-16,18H,14,17H2,1-5H3,(H,30,31);5-10H,11H2,1-4H3;4-7,9,13H,3,8H2,1-2H3/t18-;;9-/m0.0/s1. The summed E-state index contributed by atoms with van der Waals surface area (Å²) >= 11 is 5.93. The van der Waals surface area contributed by atoms with E-state index < -0.39 is 11.9 Å². The van der Waals surface area contributed by atoms with E-state index in [0.717, 1.165) is 44.5 Å². The molecule has 0 aliphatic carbocycles. The van der Waals surface area contributed by atoms with Gasteiger partial charge in [-0.05, 0) is 148 Å². The Morgan fingerprint density at radius 1 is 0.580 bits per heavy atom. The fraction of sp³-hybridized carbons (Fsp3) is 0.345. The molecule has 69 heavy (non-hydrogen) atoms. The fourth-order valence-corrected chi connectivity index (χ4v) is 7.63. The van der Waals surface area contributed by atoms with Gasteiger partial charge in [0.25, 0.3) is 0 Å². The van der Waals surface area contributed by atoms with E-state index in [4.69, 9.17) is 40.8 Å². The van der Waals surface area contributed by atoms with Crippen LogP contribution in [0, 0.1) is 23.5 Å². The molecule has 11 heteroatoms. The first-order valence-electron chi connectivity index (χ1n) is 23.0. The molecule has 0 amide bonds. The number of carbonyl (C=O) groups is 2. The van der Waals surface area contributed by atoms with Crippen LogP contribution in [0.2, 0.25) is 0 Å². The van der Waals surface area contributed by atoms with E-state index in [0.29, 0.717) is 60.3 Å². The van der Waals surface area contributed by atoms with Gasteiger partial charge in [-0.2, -0.15) is 0 Å². The lowest BCUT2D eigenvalue weighted by Gasteiger charge is -2.24. The van der Waals surface area contributed by atoms with E-state index in [-0.39, 0.29) is 40.1 Å². The Kier molecular flexibility index (Phi) is 20.2. The van der Waals surface area contributed by atoms with Crippen LogP contribution in [0.15, 0.2) is 121 Å². The van der Waals surface area contributed by atoms with Crippen LogP contribution in [-0.4, -0.2) is 43.0 Å². The third-order valence-electron chi connectivity index (χ3n) is 11.3. The number of rotatable bonds is 15. The van der Waals surface area contributed by atoms with Crippen molar-refractivity contribution in [3.63, 3.8) is 0 Å². The van der Waals surface area contributed by atoms with Gasteiger partial charge in [-0.25, -0.2) is 8.78 Å². The quantitative estimate of drug-likeness (QED) is 0.0773. The first-order valence-corrected chi connectivity index (χ1v) is 23.5. The van der Waals surface area contributed by atoms with Crippen LogP contribution in [0.4, 0.5) is 8.78 Å². The predicted octanol–water partition coefficient (Wildman–Crippen LogP) is 14.3. The number of carbonyl (C=O) groups excluding carboxylic acids is 1. The number of aliphatic carboxylic acids is 1. The van der Waals surface area contributed by atoms with E-state index in [1.807, 2.05) is 79.7 Å². The van der Waals surface area contributed by atoms with Crippen molar-refractivity contribution in [3.05, 3.63) is 166 Å². The molecule has 0 radical (unpaired) electrons. The van der Waals surface area contributed by atoms with Crippen LogP contribution >= 0.6 is 11.6 Å². The van der Waals surface area contributed by atoms with Crippen molar-refractivity contribution in [2.24, 2.45) is 11.8 Å². The van der Waals surface area contributed by atoms with Crippen molar-refractivity contribution < 1.29 is 47.5 Å². The van der Waals surface area contributed by atoms with Gasteiger partial charge in [-0.15, -0.1) is 11.6 Å². The topological polar surface area (TPSA) is 112 Å². The molecule has 0 heterocycles. The molecule has 0 saturated heterocycles. The third-order valence-corrected chi connectivity index (χ3v) is 11.6. The Hall–Kier alpha value is -6.39. The van der Waals surface area contributed by atoms with Gasteiger partial charge < -0.3 is 29.2 Å². The number of carboxylic acid groups (broad SMARTS) is 1. The lowest BCUT2D eigenvalue weighted by atomic mass is 9.81. The van der Waals surface area contributed by atoms with Crippen LogP contribution < -0.4 is 14.2 Å². The smallest absolute Gasteiger partial charge is 0.308 e. The maximum absolute atomic E-state index is 14.8. The van der Waals surface area contributed by atoms with E-state index in [2.05, 4.69) is 41.5 Å². The molecule has 0 aliphatic heterocycles. The van der Waals surface area contributed by atoms with Gasteiger partial charge in [0.1, 0.15) is 41.2 Å². The largest absolute Gasteiger partial charge is 0.508 e. The average molecular weight is 966 g/mol. The van der Waals surface area contributed by atoms with Gasteiger partial charge in [-0.1, -0.05) is 104 Å². The predicted molar refractivity (Wildman–Crippen MR) is 273 cm³/mol. The van der Waals surface area contributed by atoms with Gasteiger partial charge in [-0.3, -0.25) is 9.59 Å². The maximum Gasteiger partial charge on any atom is 0.308 e. The van der Waals surface area contributed by atoms with Gasteiger partial charge in [0.05, 0.1) is 32.7 Å². The second kappa shape index (κ2) is 25.3. The number of halogens is 3. The van der Waals surface area contributed by atoms with Gasteiger partial charge in [0, 0.05) is 17.0 Å². The molecule has 6 rings (SSSR count). The van der Waals surface area contributed by atoms with E-state index in [1.165, 1.54) is 12.1 Å². The number of phenols is 1. The summed E-state index contributed by atoms with van der Waals surface area (Å²) in [6, 6.07) is 35.9. The van der Waals surface area contributed by atoms with Gasteiger partial charge in [0.2, 0.25) is 0 Å². The lowest BCUT2D eigenvalue weighted by Crippen LogP contribution is -2.16. The molecule has 0 aromatic heterocycles. The number of hydrogen-bond acceptors (Lipinski definition) is 7. The number of ether oxygens (including phenoxy) is 4. The van der Waals surface area contributed by atoms with Crippen molar-refractivity contribution in [1.29, 1.82) is 0 Å². The summed E-state index contributed by atoms with van der Waals surface area (Å²) in [5, 5.41) is 18.2. The minimum absolute atomic E-state index is 0.0876. The fourth-order valence-electron chi connectivity index (χ4n) is 7.47. The molecule has 2 atom stereocenters. The van der Waals surface area contributed by atoms with Crippen molar-refractivity contribution in [2.75, 3.05) is 20.8 Å². The zero-order valence-corrected chi connectivity index (χ0v) is 42.5. The number of carboxylic acids is 1. The first kappa shape index (κ1) is 55.2. The number of alkyl halides is 1. The molecule has 0 unspecified atom stereocenters. The van der Waals surface area contributed by atoms with Crippen LogP contribution in [0.1, 0.15) is 95.7 Å². The van der Waals surface area contributed by atoms with E-state index in [1.54, 1.807) is 64.5 Å². The Bertz CT molecular complexity index is 2610. The van der Waals surface area contributed by atoms with Crippen molar-refractivity contribution >= 4 is 23.5 Å². The molecule has 2 N–H and O–H groups in total. The summed E-state index contributed by atoms with van der Waals surface area (Å²) in [5.41, 5.74) is 8.46. The number of benzene rings is 6. The highest BCUT2D eigenvalue weighted by Gasteiger charge is 2.23. The second-order valence-electron chi connectivity index (χ2n) is 19.0. The number of phenolic OH excluding ortho intramolecular Hbond substituents is 1. The summed E-state index contributed by atoms with van der Waals surface area (Å²) in [4.78, 5) is 22.4. The van der Waals surface area contributed by atoms with Crippen LogP contribution in [0.3, 0.4) is 0 Å². The maximum atomic E-state index is 14.8. The second-order valence-corrected chi connectivity index (χ2v) is 19.3. The minimum atomic E-state index is -0.808. The van der Waals surface area contributed by atoms with Crippen molar-refractivity contribution in [1.82, 2.24) is 0 Å². The van der Waals surface area contributed by atoms with Crippen LogP contribution in [-0.2, 0) is 50.5 Å². The Morgan fingerprint density at radius 2 is 1.00 bits per heavy atom. The summed E-state index contributed by atoms with van der Waals surface area (Å²) in [6.07, 6.45) is 1.11. The van der Waals surface area contributed by atoms with E-state index in [9.17, 15) is 18.4 Å². The molecule has 0 aliphatic rings. The molecule has 8 nitrogen and oxygen atoms in total. The number of methoxy groups -OCH3 is 2. The van der Waals surface area contributed by atoms with E-state index >= 15 is 0 Å². The molecule has 6 aromatic rings. The van der Waals surface area contributed by atoms with Crippen LogP contribution in [0.25, 0.3) is 22.3 Å². The Labute approximate surface area is 412 Å². The number of aromatic hydroxyl groups is 1. The third kappa shape index (κ3) is 16.4. The normalized spacial score (nSPS) is 12.0. The average Bonchev–Trinajstić information content (AvgIpc) is 3.32. The molecule has 0 saturated carbocycles. The van der Waals surface area contributed by atoms with Gasteiger partial charge >= 0.3 is 11.9 Å². The lowest BCUT2D eigenvalue weighted by molar-refractivity contribution is -0.147. The highest BCUT2D eigenvalue weighted by molar-refractivity contribution is 6.17.